The molecule has 5 heteroatoms. The Labute approximate surface area is 148 Å². The Morgan fingerprint density at radius 1 is 1.04 bits per heavy atom. The van der Waals surface area contributed by atoms with Crippen LogP contribution in [-0.2, 0) is 19.4 Å². The second kappa shape index (κ2) is 7.08. The minimum Gasteiger partial charge on any atom is -0.354 e. The van der Waals surface area contributed by atoms with Crippen LogP contribution < -0.4 is 4.90 Å². The number of rotatable bonds is 3. The zero-order valence-corrected chi connectivity index (χ0v) is 14.8. The molecular weight excluding hydrogens is 315 g/mol. The lowest BCUT2D eigenvalue weighted by molar-refractivity contribution is 0.248. The van der Waals surface area contributed by atoms with E-state index in [-0.39, 0.29) is 5.82 Å². The van der Waals surface area contributed by atoms with Crippen molar-refractivity contribution in [2.75, 3.05) is 31.1 Å². The average molecular weight is 340 g/mol. The van der Waals surface area contributed by atoms with Gasteiger partial charge >= 0.3 is 0 Å². The molecule has 1 aromatic heterocycles. The van der Waals surface area contributed by atoms with Gasteiger partial charge in [-0.1, -0.05) is 12.1 Å². The summed E-state index contributed by atoms with van der Waals surface area (Å²) in [7, 11) is 0. The van der Waals surface area contributed by atoms with E-state index in [4.69, 9.17) is 4.98 Å². The topological polar surface area (TPSA) is 32.3 Å². The molecule has 1 aromatic carbocycles. The first-order chi connectivity index (χ1) is 12.2. The van der Waals surface area contributed by atoms with Gasteiger partial charge in [0.1, 0.15) is 17.5 Å². The average Bonchev–Trinajstić information content (AvgIpc) is 2.62. The van der Waals surface area contributed by atoms with E-state index in [1.807, 2.05) is 13.0 Å². The summed E-state index contributed by atoms with van der Waals surface area (Å²) in [4.78, 5) is 14.3. The monoisotopic (exact) mass is 340 g/mol. The molecular formula is C20H25FN4. The Hall–Kier alpha value is -2.01. The zero-order chi connectivity index (χ0) is 17.2. The highest BCUT2D eigenvalue weighted by Gasteiger charge is 2.24. The van der Waals surface area contributed by atoms with Gasteiger partial charge in [0, 0.05) is 44.0 Å². The molecule has 0 amide bonds. The summed E-state index contributed by atoms with van der Waals surface area (Å²) in [5, 5.41) is 0. The van der Waals surface area contributed by atoms with Gasteiger partial charge in [0.15, 0.2) is 0 Å². The number of aryl methyl sites for hydroxylation is 2. The molecule has 25 heavy (non-hydrogen) atoms. The van der Waals surface area contributed by atoms with Crippen LogP contribution in [0, 0.1) is 12.7 Å². The summed E-state index contributed by atoms with van der Waals surface area (Å²) in [6.07, 6.45) is 4.68. The largest absolute Gasteiger partial charge is 0.354 e. The van der Waals surface area contributed by atoms with Gasteiger partial charge in [0.25, 0.3) is 0 Å². The van der Waals surface area contributed by atoms with Crippen LogP contribution in [0.3, 0.4) is 0 Å². The third kappa shape index (κ3) is 3.66. The number of piperazine rings is 1. The van der Waals surface area contributed by atoms with Crippen molar-refractivity contribution < 1.29 is 4.39 Å². The number of fused-ring (bicyclic) bond motifs is 1. The fourth-order valence-corrected chi connectivity index (χ4v) is 3.97. The second-order valence-corrected chi connectivity index (χ2v) is 7.12. The zero-order valence-electron chi connectivity index (χ0n) is 14.8. The van der Waals surface area contributed by atoms with Gasteiger partial charge in [-0.3, -0.25) is 4.90 Å². The van der Waals surface area contributed by atoms with E-state index < -0.39 is 0 Å². The van der Waals surface area contributed by atoms with Crippen LogP contribution in [-0.4, -0.2) is 41.0 Å². The number of anilines is 1. The van der Waals surface area contributed by atoms with Crippen molar-refractivity contribution in [2.45, 2.75) is 39.2 Å². The lowest BCUT2D eigenvalue weighted by Crippen LogP contribution is -2.46. The van der Waals surface area contributed by atoms with Gasteiger partial charge in [0.05, 0.1) is 0 Å². The van der Waals surface area contributed by atoms with E-state index in [0.717, 1.165) is 62.8 Å². The first-order valence-corrected chi connectivity index (χ1v) is 9.27. The van der Waals surface area contributed by atoms with Gasteiger partial charge in [-0.25, -0.2) is 14.4 Å². The van der Waals surface area contributed by atoms with Gasteiger partial charge in [-0.05, 0) is 50.3 Å². The number of benzene rings is 1. The third-order valence-electron chi connectivity index (χ3n) is 5.24. The lowest BCUT2D eigenvalue weighted by atomic mass is 9.96. The maximum absolute atomic E-state index is 13.4. The minimum absolute atomic E-state index is 0.153. The molecule has 0 saturated carbocycles. The number of nitrogens with zero attached hydrogens (tertiary/aromatic N) is 4. The predicted molar refractivity (Wildman–Crippen MR) is 97.3 cm³/mol. The fraction of sp³-hybridized carbons (Fsp3) is 0.500. The van der Waals surface area contributed by atoms with Gasteiger partial charge < -0.3 is 4.90 Å². The number of halogens is 1. The van der Waals surface area contributed by atoms with E-state index in [1.165, 1.54) is 30.2 Å². The van der Waals surface area contributed by atoms with E-state index >= 15 is 0 Å². The van der Waals surface area contributed by atoms with Crippen molar-refractivity contribution in [1.29, 1.82) is 0 Å². The van der Waals surface area contributed by atoms with Crippen LogP contribution in [0.5, 0.6) is 0 Å². The highest BCUT2D eigenvalue weighted by Crippen LogP contribution is 2.28. The third-order valence-corrected chi connectivity index (χ3v) is 5.24. The molecule has 1 saturated heterocycles. The smallest absolute Gasteiger partial charge is 0.135 e. The highest BCUT2D eigenvalue weighted by molar-refractivity contribution is 5.50. The maximum atomic E-state index is 13.4. The van der Waals surface area contributed by atoms with Crippen molar-refractivity contribution in [1.82, 2.24) is 14.9 Å². The van der Waals surface area contributed by atoms with Crippen molar-refractivity contribution in [3.63, 3.8) is 0 Å². The summed E-state index contributed by atoms with van der Waals surface area (Å²) < 4.78 is 13.4. The van der Waals surface area contributed by atoms with Crippen molar-refractivity contribution >= 4 is 5.82 Å². The minimum atomic E-state index is -0.153. The predicted octanol–water partition coefficient (Wildman–Crippen LogP) is 3.13. The molecule has 2 aromatic rings. The quantitative estimate of drug-likeness (QED) is 0.859. The number of aromatic nitrogens is 2. The maximum Gasteiger partial charge on any atom is 0.135 e. The molecule has 0 atom stereocenters. The molecule has 2 heterocycles. The fourth-order valence-electron chi connectivity index (χ4n) is 3.97. The normalized spacial score (nSPS) is 18.2. The Kier molecular flexibility index (Phi) is 4.66. The molecule has 132 valence electrons. The van der Waals surface area contributed by atoms with Crippen molar-refractivity contribution in [3.8, 4) is 0 Å². The highest BCUT2D eigenvalue weighted by atomic mass is 19.1. The first kappa shape index (κ1) is 16.5. The molecule has 0 radical (unpaired) electrons. The van der Waals surface area contributed by atoms with Gasteiger partial charge in [-0.2, -0.15) is 0 Å². The summed E-state index contributed by atoms with van der Waals surface area (Å²) in [6.45, 7) is 6.71. The molecule has 1 fully saturated rings. The molecule has 4 nitrogen and oxygen atoms in total. The van der Waals surface area contributed by atoms with E-state index in [2.05, 4.69) is 14.8 Å². The van der Waals surface area contributed by atoms with Gasteiger partial charge in [-0.15, -0.1) is 0 Å². The lowest BCUT2D eigenvalue weighted by Gasteiger charge is -2.37. The summed E-state index contributed by atoms with van der Waals surface area (Å²) in [5.74, 6) is 1.89. The summed E-state index contributed by atoms with van der Waals surface area (Å²) in [5.41, 5.74) is 3.68. The first-order valence-electron chi connectivity index (χ1n) is 9.27. The SMILES string of the molecule is Cc1nc2c(c(N3CCN(Cc4cccc(F)c4)CC3)n1)CCCC2. The van der Waals surface area contributed by atoms with Crippen LogP contribution in [0.25, 0.3) is 0 Å². The number of hydrogen-bond donors (Lipinski definition) is 0. The molecule has 0 spiro atoms. The van der Waals surface area contributed by atoms with Crippen LogP contribution in [0.15, 0.2) is 24.3 Å². The van der Waals surface area contributed by atoms with Crippen LogP contribution in [0.2, 0.25) is 0 Å². The molecule has 0 unspecified atom stereocenters. The Morgan fingerprint density at radius 2 is 1.84 bits per heavy atom. The molecule has 0 bridgehead atoms. The van der Waals surface area contributed by atoms with Crippen molar-refractivity contribution in [3.05, 3.63) is 52.7 Å². The summed E-state index contributed by atoms with van der Waals surface area (Å²) in [6, 6.07) is 6.93. The van der Waals surface area contributed by atoms with E-state index in [1.54, 1.807) is 12.1 Å². The van der Waals surface area contributed by atoms with E-state index in [0.29, 0.717) is 0 Å². The van der Waals surface area contributed by atoms with Crippen LogP contribution >= 0.6 is 0 Å². The molecule has 0 N–H and O–H groups in total. The Bertz CT molecular complexity index is 753. The van der Waals surface area contributed by atoms with E-state index in [9.17, 15) is 4.39 Å². The van der Waals surface area contributed by atoms with Gasteiger partial charge in [0.2, 0.25) is 0 Å². The Balaban J connectivity index is 1.45. The number of hydrogen-bond acceptors (Lipinski definition) is 4. The molecule has 2 aliphatic rings. The second-order valence-electron chi connectivity index (χ2n) is 7.12. The van der Waals surface area contributed by atoms with Crippen LogP contribution in [0.4, 0.5) is 10.2 Å². The molecule has 1 aliphatic heterocycles. The van der Waals surface area contributed by atoms with Crippen LogP contribution in [0.1, 0.15) is 35.5 Å². The summed E-state index contributed by atoms with van der Waals surface area (Å²) >= 11 is 0. The Morgan fingerprint density at radius 3 is 2.64 bits per heavy atom. The van der Waals surface area contributed by atoms with Crippen molar-refractivity contribution in [2.24, 2.45) is 0 Å². The standard InChI is InChI=1S/C20H25FN4/c1-15-22-19-8-3-2-7-18(19)20(23-15)25-11-9-24(10-12-25)14-16-5-4-6-17(21)13-16/h4-6,13H,2-3,7-12,14H2,1H3. The molecule has 1 aliphatic carbocycles. The molecule has 4 rings (SSSR count).